The van der Waals surface area contributed by atoms with E-state index >= 15 is 0 Å². The molecular formula is C5H5NY. The van der Waals surface area contributed by atoms with Crippen molar-refractivity contribution in [3.63, 3.8) is 0 Å². The Labute approximate surface area is 68.0 Å². The minimum Gasteiger partial charge on any atom is -0.265 e. The zero-order valence-electron chi connectivity index (χ0n) is 3.91. The standard InChI is InChI=1S/C5H5N.Y/c1-2-4-6-5-3-1;/h1-5H;. The quantitative estimate of drug-likeness (QED) is 0.564. The number of hydrogen-bond donors (Lipinski definition) is 0. The third-order valence-corrected chi connectivity index (χ3v) is 0.566. The number of nitrogens with zero attached hydrogens (tertiary/aromatic N) is 1. The molecule has 0 N–H and O–H groups in total. The molecule has 0 atom stereocenters. The molecule has 0 aliphatic heterocycles. The summed E-state index contributed by atoms with van der Waals surface area (Å²) in [6.07, 6.45) is 3.50. The van der Waals surface area contributed by atoms with Crippen molar-refractivity contribution in [3.05, 3.63) is 30.6 Å². The first kappa shape index (κ1) is 7.25. The number of rotatable bonds is 0. The van der Waals surface area contributed by atoms with E-state index in [4.69, 9.17) is 0 Å². The van der Waals surface area contributed by atoms with Gasteiger partial charge in [-0.25, -0.2) is 0 Å². The van der Waals surface area contributed by atoms with Gasteiger partial charge in [-0.05, 0) is 12.1 Å². The van der Waals surface area contributed by atoms with Crippen LogP contribution in [0.15, 0.2) is 30.6 Å². The molecule has 1 rings (SSSR count). The molecule has 1 aromatic rings. The van der Waals surface area contributed by atoms with Gasteiger partial charge >= 0.3 is 0 Å². The summed E-state index contributed by atoms with van der Waals surface area (Å²) < 4.78 is 0. The van der Waals surface area contributed by atoms with Gasteiger partial charge in [0.1, 0.15) is 0 Å². The van der Waals surface area contributed by atoms with Crippen LogP contribution in [0.3, 0.4) is 0 Å². The summed E-state index contributed by atoms with van der Waals surface area (Å²) in [5, 5.41) is 0. The summed E-state index contributed by atoms with van der Waals surface area (Å²) in [5.41, 5.74) is 0. The first-order chi connectivity index (χ1) is 3.00. The smallest absolute Gasteiger partial charge is 0.0267 e. The zero-order chi connectivity index (χ0) is 4.24. The summed E-state index contributed by atoms with van der Waals surface area (Å²) in [4.78, 5) is 3.78. The van der Waals surface area contributed by atoms with Crippen molar-refractivity contribution >= 4 is 0 Å². The maximum absolute atomic E-state index is 3.78. The van der Waals surface area contributed by atoms with Gasteiger partial charge in [0.05, 0.1) is 0 Å². The molecule has 2 heteroatoms. The fraction of sp³-hybridized carbons (Fsp3) is 0. The molecule has 0 bridgehead atoms. The summed E-state index contributed by atoms with van der Waals surface area (Å²) in [6, 6.07) is 5.72. The van der Waals surface area contributed by atoms with Gasteiger partial charge in [0.15, 0.2) is 0 Å². The van der Waals surface area contributed by atoms with Gasteiger partial charge in [-0.15, -0.1) is 0 Å². The first-order valence-corrected chi connectivity index (χ1v) is 1.85. The molecule has 0 saturated heterocycles. The predicted octanol–water partition coefficient (Wildman–Crippen LogP) is 1.08. The second-order valence-electron chi connectivity index (χ2n) is 1.02. The zero-order valence-corrected chi connectivity index (χ0v) is 6.75. The Morgan fingerprint density at radius 1 is 0.857 bits per heavy atom. The van der Waals surface area contributed by atoms with Crippen LogP contribution in [0.5, 0.6) is 0 Å². The SMILES string of the molecule is [Y].c1ccncc1. The molecule has 0 aliphatic rings. The van der Waals surface area contributed by atoms with Crippen LogP contribution in [0.1, 0.15) is 0 Å². The Hall–Kier alpha value is 0.254. The van der Waals surface area contributed by atoms with Gasteiger partial charge in [0.25, 0.3) is 0 Å². The number of aromatic nitrogens is 1. The van der Waals surface area contributed by atoms with Gasteiger partial charge in [-0.3, -0.25) is 4.98 Å². The minimum absolute atomic E-state index is 0. The molecular weight excluding hydrogens is 163 g/mol. The van der Waals surface area contributed by atoms with Crippen molar-refractivity contribution in [2.75, 3.05) is 0 Å². The van der Waals surface area contributed by atoms with Gasteiger partial charge in [0, 0.05) is 45.1 Å². The maximum Gasteiger partial charge on any atom is 0.0267 e. The average Bonchev–Trinajstić information content (AvgIpc) is 1.72. The maximum atomic E-state index is 3.78. The normalized spacial score (nSPS) is 6.86. The molecule has 1 aromatic heterocycles. The van der Waals surface area contributed by atoms with Crippen LogP contribution in [-0.4, -0.2) is 4.98 Å². The van der Waals surface area contributed by atoms with Crippen LogP contribution in [0.2, 0.25) is 0 Å². The Bertz CT molecular complexity index is 80.0. The number of hydrogen-bond acceptors (Lipinski definition) is 1. The van der Waals surface area contributed by atoms with Crippen molar-refractivity contribution in [2.45, 2.75) is 0 Å². The second-order valence-corrected chi connectivity index (χ2v) is 1.02. The van der Waals surface area contributed by atoms with E-state index in [-0.39, 0.29) is 32.7 Å². The summed E-state index contributed by atoms with van der Waals surface area (Å²) in [7, 11) is 0. The fourth-order valence-electron chi connectivity index (χ4n) is 0.313. The Balaban J connectivity index is 0.000000360. The molecule has 33 valence electrons. The summed E-state index contributed by atoms with van der Waals surface area (Å²) in [6.45, 7) is 0. The van der Waals surface area contributed by atoms with Crippen molar-refractivity contribution in [3.8, 4) is 0 Å². The van der Waals surface area contributed by atoms with Crippen LogP contribution < -0.4 is 0 Å². The van der Waals surface area contributed by atoms with Gasteiger partial charge < -0.3 is 0 Å². The second kappa shape index (κ2) is 4.41. The van der Waals surface area contributed by atoms with Crippen molar-refractivity contribution in [1.29, 1.82) is 0 Å². The van der Waals surface area contributed by atoms with E-state index in [1.165, 1.54) is 0 Å². The summed E-state index contributed by atoms with van der Waals surface area (Å²) >= 11 is 0. The molecule has 0 aromatic carbocycles. The average molecular weight is 168 g/mol. The molecule has 7 heavy (non-hydrogen) atoms. The van der Waals surface area contributed by atoms with Gasteiger partial charge in [-0.2, -0.15) is 0 Å². The molecule has 1 heterocycles. The van der Waals surface area contributed by atoms with Gasteiger partial charge in [-0.1, -0.05) is 6.07 Å². The Morgan fingerprint density at radius 2 is 1.43 bits per heavy atom. The van der Waals surface area contributed by atoms with Crippen molar-refractivity contribution in [1.82, 2.24) is 4.98 Å². The Kier molecular flexibility index (Phi) is 4.57. The monoisotopic (exact) mass is 168 g/mol. The van der Waals surface area contributed by atoms with E-state index in [1.54, 1.807) is 12.4 Å². The summed E-state index contributed by atoms with van der Waals surface area (Å²) in [5.74, 6) is 0. The molecule has 1 nitrogen and oxygen atoms in total. The van der Waals surface area contributed by atoms with E-state index in [9.17, 15) is 0 Å². The van der Waals surface area contributed by atoms with E-state index in [2.05, 4.69) is 4.98 Å². The van der Waals surface area contributed by atoms with E-state index in [0.717, 1.165) is 0 Å². The molecule has 0 fully saturated rings. The molecule has 0 unspecified atom stereocenters. The van der Waals surface area contributed by atoms with Crippen LogP contribution in [0, 0.1) is 0 Å². The number of pyridine rings is 1. The van der Waals surface area contributed by atoms with Gasteiger partial charge in [0.2, 0.25) is 0 Å². The first-order valence-electron chi connectivity index (χ1n) is 1.85. The molecule has 0 spiro atoms. The van der Waals surface area contributed by atoms with E-state index < -0.39 is 0 Å². The van der Waals surface area contributed by atoms with E-state index in [1.807, 2.05) is 18.2 Å². The van der Waals surface area contributed by atoms with Crippen molar-refractivity contribution in [2.24, 2.45) is 0 Å². The topological polar surface area (TPSA) is 12.9 Å². The van der Waals surface area contributed by atoms with Crippen molar-refractivity contribution < 1.29 is 32.7 Å². The van der Waals surface area contributed by atoms with Crippen LogP contribution in [0.4, 0.5) is 0 Å². The van der Waals surface area contributed by atoms with Crippen LogP contribution in [-0.2, 0) is 32.7 Å². The minimum atomic E-state index is 0. The third kappa shape index (κ3) is 2.89. The molecule has 0 aliphatic carbocycles. The third-order valence-electron chi connectivity index (χ3n) is 0.566. The Morgan fingerprint density at radius 3 is 1.57 bits per heavy atom. The predicted molar refractivity (Wildman–Crippen MR) is 24.2 cm³/mol. The van der Waals surface area contributed by atoms with Crippen LogP contribution in [0.25, 0.3) is 0 Å². The molecule has 0 saturated carbocycles. The fourth-order valence-corrected chi connectivity index (χ4v) is 0.313. The molecule has 1 radical (unpaired) electrons. The van der Waals surface area contributed by atoms with Crippen LogP contribution >= 0.6 is 0 Å². The largest absolute Gasteiger partial charge is 0.265 e. The molecule has 0 amide bonds. The van der Waals surface area contributed by atoms with E-state index in [0.29, 0.717) is 0 Å².